The number of carbonyl (C=O) groups excluding carboxylic acids is 1. The Balaban J connectivity index is 2.00. The number of hydrogen-bond acceptors (Lipinski definition) is 2. The predicted octanol–water partition coefficient (Wildman–Crippen LogP) is 5.16. The fourth-order valence-corrected chi connectivity index (χ4v) is 3.41. The normalized spacial score (nSPS) is 18.8. The molecule has 1 aromatic heterocycles. The second-order valence-electron chi connectivity index (χ2n) is 5.91. The molecule has 5 heteroatoms. The maximum Gasteiger partial charge on any atom is 0.410 e. The molecule has 2 nitrogen and oxygen atoms in total. The van der Waals surface area contributed by atoms with E-state index in [1.54, 1.807) is 48.7 Å². The molecule has 1 atom stereocenters. The summed E-state index contributed by atoms with van der Waals surface area (Å²) in [6.45, 7) is 0. The van der Waals surface area contributed by atoms with Crippen LogP contribution in [0.3, 0.4) is 0 Å². The summed E-state index contributed by atoms with van der Waals surface area (Å²) in [7, 11) is 0. The quantitative estimate of drug-likeness (QED) is 0.613. The van der Waals surface area contributed by atoms with Crippen molar-refractivity contribution in [2.24, 2.45) is 0 Å². The fourth-order valence-electron chi connectivity index (χ4n) is 3.41. The summed E-state index contributed by atoms with van der Waals surface area (Å²) in [5, 5.41) is 0.787. The fraction of sp³-hybridized carbons (Fsp3) is 0.100. The van der Waals surface area contributed by atoms with E-state index in [4.69, 9.17) is 0 Å². The second kappa shape index (κ2) is 5.55. The van der Waals surface area contributed by atoms with E-state index in [0.717, 1.165) is 5.39 Å². The molecule has 0 saturated carbocycles. The molecule has 124 valence electrons. The number of para-hydroxylation sites is 1. The van der Waals surface area contributed by atoms with Gasteiger partial charge in [-0.3, -0.25) is 9.78 Å². The zero-order valence-corrected chi connectivity index (χ0v) is 12.9. The molecular weight excluding hydrogens is 327 g/mol. The third kappa shape index (κ3) is 2.61. The molecule has 0 bridgehead atoms. The molecule has 1 unspecified atom stereocenters. The molecule has 1 aliphatic rings. The highest BCUT2D eigenvalue weighted by Crippen LogP contribution is 2.46. The minimum atomic E-state index is -4.51. The van der Waals surface area contributed by atoms with Crippen molar-refractivity contribution in [2.75, 3.05) is 0 Å². The van der Waals surface area contributed by atoms with Crippen LogP contribution in [0.5, 0.6) is 0 Å². The number of ketones is 1. The van der Waals surface area contributed by atoms with Gasteiger partial charge in [0.05, 0.1) is 11.4 Å². The van der Waals surface area contributed by atoms with Crippen LogP contribution in [0.2, 0.25) is 0 Å². The molecule has 0 spiro atoms. The molecule has 0 fully saturated rings. The minimum Gasteiger partial charge on any atom is -0.293 e. The van der Waals surface area contributed by atoms with E-state index in [2.05, 4.69) is 4.98 Å². The molecule has 0 amide bonds. The summed E-state index contributed by atoms with van der Waals surface area (Å²) in [6, 6.07) is 15.2. The van der Waals surface area contributed by atoms with Crippen LogP contribution >= 0.6 is 0 Å². The number of hydrogen-bond donors (Lipinski definition) is 0. The lowest BCUT2D eigenvalue weighted by Gasteiger charge is -2.15. The van der Waals surface area contributed by atoms with Crippen LogP contribution in [0.1, 0.15) is 27.4 Å². The van der Waals surface area contributed by atoms with Gasteiger partial charge in [0, 0.05) is 23.2 Å². The highest BCUT2D eigenvalue weighted by atomic mass is 19.4. The number of nitrogens with zero attached hydrogens (tertiary/aromatic N) is 1. The molecule has 3 aromatic rings. The number of Topliss-reactive ketones (excluding diaryl/α,β-unsaturated/α-hetero) is 1. The van der Waals surface area contributed by atoms with E-state index in [1.165, 1.54) is 0 Å². The Morgan fingerprint density at radius 3 is 2.40 bits per heavy atom. The summed E-state index contributed by atoms with van der Waals surface area (Å²) < 4.78 is 39.4. The lowest BCUT2D eigenvalue weighted by molar-refractivity contribution is -0.0794. The Morgan fingerprint density at radius 2 is 1.64 bits per heavy atom. The first-order valence-corrected chi connectivity index (χ1v) is 7.72. The molecule has 0 saturated heterocycles. The van der Waals surface area contributed by atoms with Crippen LogP contribution < -0.4 is 0 Å². The molecule has 0 radical (unpaired) electrons. The van der Waals surface area contributed by atoms with Gasteiger partial charge in [-0.1, -0.05) is 48.5 Å². The topological polar surface area (TPSA) is 30.0 Å². The summed E-state index contributed by atoms with van der Waals surface area (Å²) >= 11 is 0. The highest BCUT2D eigenvalue weighted by Gasteiger charge is 2.40. The number of pyridine rings is 1. The smallest absolute Gasteiger partial charge is 0.293 e. The van der Waals surface area contributed by atoms with Gasteiger partial charge in [0.1, 0.15) is 0 Å². The second-order valence-corrected chi connectivity index (χ2v) is 5.91. The van der Waals surface area contributed by atoms with Crippen molar-refractivity contribution in [1.29, 1.82) is 0 Å². The molecule has 1 aliphatic carbocycles. The molecule has 4 rings (SSSR count). The first-order valence-electron chi connectivity index (χ1n) is 7.72. The number of fused-ring (bicyclic) bond motifs is 2. The number of halogens is 3. The van der Waals surface area contributed by atoms with Crippen molar-refractivity contribution >= 4 is 22.3 Å². The highest BCUT2D eigenvalue weighted by molar-refractivity contribution is 6.18. The molecular formula is C20H12F3NO. The first-order chi connectivity index (χ1) is 12.0. The first kappa shape index (κ1) is 15.6. The number of rotatable bonds is 1. The molecule has 0 N–H and O–H groups in total. The molecule has 1 heterocycles. The van der Waals surface area contributed by atoms with Crippen LogP contribution in [-0.4, -0.2) is 16.9 Å². The van der Waals surface area contributed by atoms with Gasteiger partial charge in [0.2, 0.25) is 0 Å². The van der Waals surface area contributed by atoms with Gasteiger partial charge >= 0.3 is 6.18 Å². The molecule has 0 aliphatic heterocycles. The lowest BCUT2D eigenvalue weighted by atomic mass is 9.89. The number of allylic oxidation sites excluding steroid dienone is 2. The van der Waals surface area contributed by atoms with Gasteiger partial charge in [-0.05, 0) is 22.8 Å². The van der Waals surface area contributed by atoms with Crippen molar-refractivity contribution in [3.05, 3.63) is 83.6 Å². The lowest BCUT2D eigenvalue weighted by Crippen LogP contribution is -2.10. The van der Waals surface area contributed by atoms with Gasteiger partial charge in [-0.25, -0.2) is 0 Å². The zero-order valence-electron chi connectivity index (χ0n) is 12.9. The summed E-state index contributed by atoms with van der Waals surface area (Å²) in [6.07, 6.45) is -2.70. The number of benzene rings is 2. The van der Waals surface area contributed by atoms with E-state index >= 15 is 0 Å². The maximum atomic E-state index is 13.1. The Morgan fingerprint density at radius 1 is 0.920 bits per heavy atom. The third-order valence-electron chi connectivity index (χ3n) is 4.37. The van der Waals surface area contributed by atoms with Crippen LogP contribution in [0.25, 0.3) is 16.5 Å². The average molecular weight is 339 g/mol. The van der Waals surface area contributed by atoms with Crippen molar-refractivity contribution < 1.29 is 18.0 Å². The van der Waals surface area contributed by atoms with E-state index in [0.29, 0.717) is 22.2 Å². The van der Waals surface area contributed by atoms with Gasteiger partial charge < -0.3 is 0 Å². The zero-order chi connectivity index (χ0) is 17.6. The third-order valence-corrected chi connectivity index (χ3v) is 4.37. The number of carbonyl (C=O) groups is 1. The minimum absolute atomic E-state index is 0.0220. The van der Waals surface area contributed by atoms with Crippen LogP contribution in [0.15, 0.2) is 66.9 Å². The predicted molar refractivity (Wildman–Crippen MR) is 89.3 cm³/mol. The monoisotopic (exact) mass is 339 g/mol. The average Bonchev–Trinajstić information content (AvgIpc) is 2.85. The Bertz CT molecular complexity index is 1020. The number of alkyl halides is 3. The Kier molecular flexibility index (Phi) is 3.46. The van der Waals surface area contributed by atoms with Gasteiger partial charge in [-0.15, -0.1) is 0 Å². The van der Waals surface area contributed by atoms with Gasteiger partial charge in [-0.2, -0.15) is 13.2 Å². The van der Waals surface area contributed by atoms with Crippen LogP contribution in [0, 0.1) is 0 Å². The SMILES string of the molecule is O=C1c2ccccc2/C(=C/C(F)(F)F)C1c1cccc2cccnc12. The van der Waals surface area contributed by atoms with Crippen molar-refractivity contribution in [2.45, 2.75) is 12.1 Å². The molecule has 2 aromatic carbocycles. The van der Waals surface area contributed by atoms with Gasteiger partial charge in [0.25, 0.3) is 0 Å². The van der Waals surface area contributed by atoms with Crippen molar-refractivity contribution in [1.82, 2.24) is 4.98 Å². The molecule has 25 heavy (non-hydrogen) atoms. The van der Waals surface area contributed by atoms with Crippen LogP contribution in [0.4, 0.5) is 13.2 Å². The van der Waals surface area contributed by atoms with E-state index in [-0.39, 0.29) is 17.4 Å². The van der Waals surface area contributed by atoms with Crippen molar-refractivity contribution in [3.8, 4) is 0 Å². The maximum absolute atomic E-state index is 13.1. The summed E-state index contributed by atoms with van der Waals surface area (Å²) in [5.74, 6) is -1.33. The van der Waals surface area contributed by atoms with E-state index in [1.807, 2.05) is 12.1 Å². The number of aromatic nitrogens is 1. The Hall–Kier alpha value is -2.95. The van der Waals surface area contributed by atoms with Crippen molar-refractivity contribution in [3.63, 3.8) is 0 Å². The van der Waals surface area contributed by atoms with Gasteiger partial charge in [0.15, 0.2) is 5.78 Å². The Labute approximate surface area is 141 Å². The summed E-state index contributed by atoms with van der Waals surface area (Å²) in [5.41, 5.74) is 1.67. The van der Waals surface area contributed by atoms with E-state index < -0.39 is 12.1 Å². The standard InChI is InChI=1S/C20H12F3NO/c21-20(22,23)11-16-13-7-1-2-8-14(13)19(25)17(16)15-9-3-5-12-6-4-10-24-18(12)15/h1-11,17H/b16-11-. The van der Waals surface area contributed by atoms with Crippen LogP contribution in [-0.2, 0) is 0 Å². The van der Waals surface area contributed by atoms with E-state index in [9.17, 15) is 18.0 Å². The largest absolute Gasteiger partial charge is 0.410 e. The summed E-state index contributed by atoms with van der Waals surface area (Å²) in [4.78, 5) is 17.2.